The second-order valence-electron chi connectivity index (χ2n) is 4.99. The predicted molar refractivity (Wildman–Crippen MR) is 71.9 cm³/mol. The van der Waals surface area contributed by atoms with E-state index in [1.54, 1.807) is 7.11 Å². The van der Waals surface area contributed by atoms with Crippen molar-refractivity contribution >= 4 is 5.91 Å². The van der Waals surface area contributed by atoms with Gasteiger partial charge in [-0.15, -0.1) is 0 Å². The molecule has 1 aliphatic heterocycles. The Labute approximate surface area is 113 Å². The van der Waals surface area contributed by atoms with Crippen LogP contribution in [-0.4, -0.2) is 48.0 Å². The number of nitrogens with one attached hydrogen (secondary N) is 2. The lowest BCUT2D eigenvalue weighted by Crippen LogP contribution is -2.43. The first-order valence-corrected chi connectivity index (χ1v) is 6.62. The van der Waals surface area contributed by atoms with Gasteiger partial charge in [0.1, 0.15) is 0 Å². The van der Waals surface area contributed by atoms with E-state index in [2.05, 4.69) is 15.7 Å². The fraction of sp³-hybridized carbons (Fsp3) is 0.692. The predicted octanol–water partition coefficient (Wildman–Crippen LogP) is -0.236. The molecule has 0 aliphatic carbocycles. The zero-order valence-corrected chi connectivity index (χ0v) is 11.8. The second kappa shape index (κ2) is 6.16. The summed E-state index contributed by atoms with van der Waals surface area (Å²) in [5.74, 6) is 0.0685. The van der Waals surface area contributed by atoms with Crippen molar-refractivity contribution in [2.45, 2.75) is 31.9 Å². The number of methoxy groups -OCH3 is 1. The number of aryl methyl sites for hydroxylation is 2. The molecule has 6 heteroatoms. The molecule has 2 N–H and O–H groups in total. The van der Waals surface area contributed by atoms with Crippen LogP contribution >= 0.6 is 0 Å². The Kier molecular flexibility index (Phi) is 4.55. The van der Waals surface area contributed by atoms with Gasteiger partial charge in [-0.2, -0.15) is 5.10 Å². The first kappa shape index (κ1) is 14.0. The third-order valence-corrected chi connectivity index (χ3v) is 3.77. The van der Waals surface area contributed by atoms with Crippen LogP contribution in [0.1, 0.15) is 17.7 Å². The summed E-state index contributed by atoms with van der Waals surface area (Å²) in [5, 5.41) is 10.4. The molecule has 1 amide bonds. The number of hydrogen-bond acceptors (Lipinski definition) is 4. The molecule has 106 valence electrons. The average Bonchev–Trinajstić information content (AvgIpc) is 2.96. The van der Waals surface area contributed by atoms with Crippen molar-refractivity contribution in [2.24, 2.45) is 7.05 Å². The van der Waals surface area contributed by atoms with Crippen molar-refractivity contribution in [3.05, 3.63) is 17.5 Å². The summed E-state index contributed by atoms with van der Waals surface area (Å²) in [6, 6.07) is 0.0764. The molecule has 2 heterocycles. The van der Waals surface area contributed by atoms with E-state index in [4.69, 9.17) is 4.74 Å². The van der Waals surface area contributed by atoms with E-state index in [-0.39, 0.29) is 18.1 Å². The molecule has 0 aromatic carbocycles. The largest absolute Gasteiger partial charge is 0.378 e. The standard InChI is InChI=1S/C13H22N4O2/c1-9-10(6-15-17(9)2)4-5-13(18)16-11-7-14-8-12(11)19-3/h6,11-12,14H,4-5,7-8H2,1-3H3,(H,16,18)/t11-,12-/m0/s1. The summed E-state index contributed by atoms with van der Waals surface area (Å²) in [6.45, 7) is 3.58. The van der Waals surface area contributed by atoms with Crippen LogP contribution in [0.25, 0.3) is 0 Å². The van der Waals surface area contributed by atoms with E-state index in [1.165, 1.54) is 0 Å². The van der Waals surface area contributed by atoms with Crippen molar-refractivity contribution in [2.75, 3.05) is 20.2 Å². The zero-order valence-electron chi connectivity index (χ0n) is 11.8. The Bertz CT molecular complexity index is 444. The molecule has 0 bridgehead atoms. The van der Waals surface area contributed by atoms with Gasteiger partial charge in [-0.3, -0.25) is 9.48 Å². The Morgan fingerprint density at radius 2 is 2.42 bits per heavy atom. The Hall–Kier alpha value is -1.40. The summed E-state index contributed by atoms with van der Waals surface area (Å²) in [6.07, 6.45) is 3.12. The van der Waals surface area contributed by atoms with Crippen LogP contribution in [0.15, 0.2) is 6.20 Å². The minimum Gasteiger partial charge on any atom is -0.378 e. The number of carbonyl (C=O) groups is 1. The Morgan fingerprint density at radius 1 is 1.63 bits per heavy atom. The van der Waals surface area contributed by atoms with Gasteiger partial charge in [-0.25, -0.2) is 0 Å². The van der Waals surface area contributed by atoms with Crippen LogP contribution in [0.2, 0.25) is 0 Å². The molecule has 0 saturated carbocycles. The van der Waals surface area contributed by atoms with Crippen LogP contribution in [0.3, 0.4) is 0 Å². The highest BCUT2D eigenvalue weighted by molar-refractivity contribution is 5.76. The molecule has 19 heavy (non-hydrogen) atoms. The highest BCUT2D eigenvalue weighted by Crippen LogP contribution is 2.09. The third kappa shape index (κ3) is 3.33. The molecule has 2 atom stereocenters. The van der Waals surface area contributed by atoms with Gasteiger partial charge in [0.05, 0.1) is 18.3 Å². The number of nitrogens with zero attached hydrogens (tertiary/aromatic N) is 2. The SMILES string of the molecule is CO[C@H]1CNC[C@@H]1NC(=O)CCc1cnn(C)c1C. The van der Waals surface area contributed by atoms with Gasteiger partial charge in [0, 0.05) is 39.4 Å². The van der Waals surface area contributed by atoms with Gasteiger partial charge in [0.2, 0.25) is 5.91 Å². The first-order valence-electron chi connectivity index (χ1n) is 6.62. The van der Waals surface area contributed by atoms with E-state index < -0.39 is 0 Å². The number of aromatic nitrogens is 2. The fourth-order valence-corrected chi connectivity index (χ4v) is 2.36. The van der Waals surface area contributed by atoms with E-state index >= 15 is 0 Å². The summed E-state index contributed by atoms with van der Waals surface area (Å²) >= 11 is 0. The maximum Gasteiger partial charge on any atom is 0.220 e. The van der Waals surface area contributed by atoms with Gasteiger partial charge >= 0.3 is 0 Å². The van der Waals surface area contributed by atoms with Crippen molar-refractivity contribution in [1.82, 2.24) is 20.4 Å². The van der Waals surface area contributed by atoms with Crippen LogP contribution in [0, 0.1) is 6.92 Å². The van der Waals surface area contributed by atoms with Gasteiger partial charge in [0.25, 0.3) is 0 Å². The molecule has 6 nitrogen and oxygen atoms in total. The van der Waals surface area contributed by atoms with Gasteiger partial charge in [-0.05, 0) is 18.9 Å². The van der Waals surface area contributed by atoms with Crippen molar-refractivity contribution in [1.29, 1.82) is 0 Å². The van der Waals surface area contributed by atoms with Gasteiger partial charge < -0.3 is 15.4 Å². The number of ether oxygens (including phenoxy) is 1. The van der Waals surface area contributed by atoms with Crippen LogP contribution < -0.4 is 10.6 Å². The summed E-state index contributed by atoms with van der Waals surface area (Å²) in [7, 11) is 3.59. The fourth-order valence-electron chi connectivity index (χ4n) is 2.36. The highest BCUT2D eigenvalue weighted by atomic mass is 16.5. The molecule has 1 saturated heterocycles. The molecule has 1 aliphatic rings. The van der Waals surface area contributed by atoms with Gasteiger partial charge in [-0.1, -0.05) is 0 Å². The minimum absolute atomic E-state index is 0.0685. The maximum absolute atomic E-state index is 11.9. The van der Waals surface area contributed by atoms with E-state index in [0.29, 0.717) is 6.42 Å². The Balaban J connectivity index is 1.80. The monoisotopic (exact) mass is 266 g/mol. The van der Waals surface area contributed by atoms with Gasteiger partial charge in [0.15, 0.2) is 0 Å². The Morgan fingerprint density at radius 3 is 3.05 bits per heavy atom. The minimum atomic E-state index is 0.0685. The molecular formula is C13H22N4O2. The summed E-state index contributed by atoms with van der Waals surface area (Å²) in [5.41, 5.74) is 2.25. The second-order valence-corrected chi connectivity index (χ2v) is 4.99. The summed E-state index contributed by atoms with van der Waals surface area (Å²) in [4.78, 5) is 11.9. The zero-order chi connectivity index (χ0) is 13.8. The number of amides is 1. The first-order chi connectivity index (χ1) is 9.11. The van der Waals surface area contributed by atoms with E-state index in [0.717, 1.165) is 30.8 Å². The molecule has 0 spiro atoms. The third-order valence-electron chi connectivity index (χ3n) is 3.77. The molecule has 2 rings (SSSR count). The smallest absolute Gasteiger partial charge is 0.220 e. The highest BCUT2D eigenvalue weighted by Gasteiger charge is 2.27. The number of carbonyl (C=O) groups excluding carboxylic acids is 1. The normalized spacial score (nSPS) is 22.7. The van der Waals surface area contributed by atoms with Crippen LogP contribution in [0.4, 0.5) is 0 Å². The van der Waals surface area contributed by atoms with Crippen molar-refractivity contribution < 1.29 is 9.53 Å². The topological polar surface area (TPSA) is 68.2 Å². The summed E-state index contributed by atoms with van der Waals surface area (Å²) < 4.78 is 7.15. The quantitative estimate of drug-likeness (QED) is 0.772. The lowest BCUT2D eigenvalue weighted by molar-refractivity contribution is -0.122. The lowest BCUT2D eigenvalue weighted by atomic mass is 10.1. The molecule has 1 fully saturated rings. The molecule has 0 unspecified atom stereocenters. The molecule has 0 radical (unpaired) electrons. The molecule has 1 aromatic rings. The number of rotatable bonds is 5. The van der Waals surface area contributed by atoms with Crippen LogP contribution in [-0.2, 0) is 23.0 Å². The van der Waals surface area contributed by atoms with E-state index in [1.807, 2.05) is 24.9 Å². The average molecular weight is 266 g/mol. The molecular weight excluding hydrogens is 244 g/mol. The lowest BCUT2D eigenvalue weighted by Gasteiger charge is -2.18. The molecule has 1 aromatic heterocycles. The number of hydrogen-bond donors (Lipinski definition) is 2. The van der Waals surface area contributed by atoms with Crippen LogP contribution in [0.5, 0.6) is 0 Å². The van der Waals surface area contributed by atoms with Crippen molar-refractivity contribution in [3.8, 4) is 0 Å². The maximum atomic E-state index is 11.9. The van der Waals surface area contributed by atoms with E-state index in [9.17, 15) is 4.79 Å². The van der Waals surface area contributed by atoms with Crippen molar-refractivity contribution in [3.63, 3.8) is 0 Å².